The third-order valence-corrected chi connectivity index (χ3v) is 5.88. The second-order valence-electron chi connectivity index (χ2n) is 7.61. The molecule has 158 valence electrons. The van der Waals surface area contributed by atoms with E-state index in [2.05, 4.69) is 0 Å². The molecule has 2 fully saturated rings. The standard InChI is InChI=1S/C23H25FN2O4/c1-29-21-5-3-2-4-18(21)19-14-26(22(27)16-6-8-17(24)9-7-16)15-20(19)23(28)25-10-12-30-13-11-25/h2-9,19-20H,10-15H2,1H3. The van der Waals surface area contributed by atoms with Gasteiger partial charge in [0.05, 0.1) is 26.2 Å². The molecule has 0 aromatic heterocycles. The second-order valence-corrected chi connectivity index (χ2v) is 7.61. The summed E-state index contributed by atoms with van der Waals surface area (Å²) >= 11 is 0. The van der Waals surface area contributed by atoms with Gasteiger partial charge in [0, 0.05) is 37.7 Å². The molecular weight excluding hydrogens is 387 g/mol. The van der Waals surface area contributed by atoms with Crippen LogP contribution in [0.15, 0.2) is 48.5 Å². The maximum Gasteiger partial charge on any atom is 0.253 e. The van der Waals surface area contributed by atoms with E-state index in [9.17, 15) is 14.0 Å². The van der Waals surface area contributed by atoms with Crippen LogP contribution in [0.1, 0.15) is 21.8 Å². The number of halogens is 1. The molecule has 6 nitrogen and oxygen atoms in total. The Balaban J connectivity index is 1.63. The number of benzene rings is 2. The first-order valence-electron chi connectivity index (χ1n) is 10.1. The first-order valence-corrected chi connectivity index (χ1v) is 10.1. The largest absolute Gasteiger partial charge is 0.496 e. The molecule has 0 bridgehead atoms. The van der Waals surface area contributed by atoms with Crippen LogP contribution in [0.5, 0.6) is 5.75 Å². The van der Waals surface area contributed by atoms with Gasteiger partial charge in [0.1, 0.15) is 11.6 Å². The number of para-hydroxylation sites is 1. The third kappa shape index (κ3) is 4.03. The van der Waals surface area contributed by atoms with Crippen LogP contribution in [0.2, 0.25) is 0 Å². The van der Waals surface area contributed by atoms with Crippen molar-refractivity contribution in [2.45, 2.75) is 5.92 Å². The lowest BCUT2D eigenvalue weighted by molar-refractivity contribution is -0.139. The van der Waals surface area contributed by atoms with Gasteiger partial charge in [-0.15, -0.1) is 0 Å². The summed E-state index contributed by atoms with van der Waals surface area (Å²) in [5, 5.41) is 0. The minimum absolute atomic E-state index is 0.0311. The molecule has 2 heterocycles. The Bertz CT molecular complexity index is 912. The Morgan fingerprint density at radius 3 is 2.40 bits per heavy atom. The summed E-state index contributed by atoms with van der Waals surface area (Å²) in [6, 6.07) is 13.1. The molecule has 2 aromatic rings. The maximum absolute atomic E-state index is 13.4. The van der Waals surface area contributed by atoms with E-state index in [4.69, 9.17) is 9.47 Å². The monoisotopic (exact) mass is 412 g/mol. The molecular formula is C23H25FN2O4. The van der Waals surface area contributed by atoms with Gasteiger partial charge in [-0.1, -0.05) is 18.2 Å². The predicted molar refractivity (Wildman–Crippen MR) is 109 cm³/mol. The van der Waals surface area contributed by atoms with E-state index < -0.39 is 0 Å². The molecule has 2 aromatic carbocycles. The average molecular weight is 412 g/mol. The summed E-state index contributed by atoms with van der Waals surface area (Å²) in [5.74, 6) is -0.404. The number of amides is 2. The number of nitrogens with zero attached hydrogens (tertiary/aromatic N) is 2. The summed E-state index contributed by atoms with van der Waals surface area (Å²) in [6.45, 7) is 2.87. The summed E-state index contributed by atoms with van der Waals surface area (Å²) < 4.78 is 24.2. The lowest BCUT2D eigenvalue weighted by atomic mass is 9.87. The Morgan fingerprint density at radius 2 is 1.70 bits per heavy atom. The molecule has 2 aliphatic rings. The molecule has 2 aliphatic heterocycles. The summed E-state index contributed by atoms with van der Waals surface area (Å²) in [6.07, 6.45) is 0. The number of ether oxygens (including phenoxy) is 2. The second kappa shape index (κ2) is 8.83. The normalized spacial score (nSPS) is 21.5. The van der Waals surface area contributed by atoms with Crippen LogP contribution >= 0.6 is 0 Å². The zero-order chi connectivity index (χ0) is 21.1. The molecule has 2 atom stereocenters. The molecule has 2 unspecified atom stereocenters. The van der Waals surface area contributed by atoms with E-state index in [1.54, 1.807) is 12.0 Å². The van der Waals surface area contributed by atoms with Crippen LogP contribution in [-0.4, -0.2) is 68.1 Å². The van der Waals surface area contributed by atoms with E-state index in [1.165, 1.54) is 24.3 Å². The van der Waals surface area contributed by atoms with Gasteiger partial charge in [-0.3, -0.25) is 9.59 Å². The minimum Gasteiger partial charge on any atom is -0.496 e. The molecule has 30 heavy (non-hydrogen) atoms. The fraction of sp³-hybridized carbons (Fsp3) is 0.391. The van der Waals surface area contributed by atoms with Crippen molar-refractivity contribution in [1.29, 1.82) is 0 Å². The number of carbonyl (C=O) groups is 2. The Morgan fingerprint density at radius 1 is 1.00 bits per heavy atom. The molecule has 0 radical (unpaired) electrons. The molecule has 0 spiro atoms. The number of likely N-dealkylation sites (tertiary alicyclic amines) is 1. The Hall–Kier alpha value is -2.93. The van der Waals surface area contributed by atoms with E-state index in [1.807, 2.05) is 29.2 Å². The zero-order valence-electron chi connectivity index (χ0n) is 16.9. The first kappa shape index (κ1) is 20.3. The molecule has 0 saturated carbocycles. The van der Waals surface area contributed by atoms with Crippen LogP contribution in [-0.2, 0) is 9.53 Å². The van der Waals surface area contributed by atoms with Gasteiger partial charge in [-0.05, 0) is 35.9 Å². The predicted octanol–water partition coefficient (Wildman–Crippen LogP) is 2.55. The van der Waals surface area contributed by atoms with Crippen molar-refractivity contribution in [3.63, 3.8) is 0 Å². The molecule has 0 N–H and O–H groups in total. The van der Waals surface area contributed by atoms with Gasteiger partial charge in [0.2, 0.25) is 5.91 Å². The van der Waals surface area contributed by atoms with E-state index in [0.29, 0.717) is 50.7 Å². The summed E-state index contributed by atoms with van der Waals surface area (Å²) in [7, 11) is 1.61. The molecule has 2 saturated heterocycles. The number of hydrogen-bond donors (Lipinski definition) is 0. The fourth-order valence-corrected chi connectivity index (χ4v) is 4.30. The number of morpholine rings is 1. The lowest BCUT2D eigenvalue weighted by Gasteiger charge is -2.31. The molecule has 2 amide bonds. The molecule has 0 aliphatic carbocycles. The van der Waals surface area contributed by atoms with E-state index in [-0.39, 0.29) is 29.5 Å². The molecule has 7 heteroatoms. The van der Waals surface area contributed by atoms with Crippen LogP contribution in [0, 0.1) is 11.7 Å². The Kier molecular flexibility index (Phi) is 5.99. The number of rotatable bonds is 4. The van der Waals surface area contributed by atoms with Gasteiger partial charge < -0.3 is 19.3 Å². The third-order valence-electron chi connectivity index (χ3n) is 5.88. The van der Waals surface area contributed by atoms with Crippen molar-refractivity contribution in [3.8, 4) is 5.75 Å². The number of methoxy groups -OCH3 is 1. The summed E-state index contributed by atoms with van der Waals surface area (Å²) in [5.41, 5.74) is 1.33. The minimum atomic E-state index is -0.389. The fourth-order valence-electron chi connectivity index (χ4n) is 4.30. The van der Waals surface area contributed by atoms with Crippen LogP contribution < -0.4 is 4.74 Å². The SMILES string of the molecule is COc1ccccc1C1CN(C(=O)c2ccc(F)cc2)CC1C(=O)N1CCOCC1. The van der Waals surface area contributed by atoms with Crippen molar-refractivity contribution in [2.24, 2.45) is 5.92 Å². The van der Waals surface area contributed by atoms with E-state index in [0.717, 1.165) is 5.56 Å². The number of carbonyl (C=O) groups excluding carboxylic acids is 2. The smallest absolute Gasteiger partial charge is 0.253 e. The molecule has 4 rings (SSSR count). The lowest BCUT2D eigenvalue weighted by Crippen LogP contribution is -2.45. The quantitative estimate of drug-likeness (QED) is 0.775. The topological polar surface area (TPSA) is 59.1 Å². The first-order chi connectivity index (χ1) is 14.6. The van der Waals surface area contributed by atoms with Crippen LogP contribution in [0.4, 0.5) is 4.39 Å². The maximum atomic E-state index is 13.4. The zero-order valence-corrected chi connectivity index (χ0v) is 16.9. The highest BCUT2D eigenvalue weighted by Gasteiger charge is 2.43. The van der Waals surface area contributed by atoms with Crippen molar-refractivity contribution in [3.05, 3.63) is 65.5 Å². The van der Waals surface area contributed by atoms with Crippen molar-refractivity contribution >= 4 is 11.8 Å². The van der Waals surface area contributed by atoms with Crippen molar-refractivity contribution in [1.82, 2.24) is 9.80 Å². The average Bonchev–Trinajstić information content (AvgIpc) is 3.24. The van der Waals surface area contributed by atoms with Crippen molar-refractivity contribution < 1.29 is 23.5 Å². The van der Waals surface area contributed by atoms with Gasteiger partial charge in [-0.2, -0.15) is 0 Å². The van der Waals surface area contributed by atoms with Gasteiger partial charge in [0.25, 0.3) is 5.91 Å². The van der Waals surface area contributed by atoms with Gasteiger partial charge in [-0.25, -0.2) is 4.39 Å². The highest BCUT2D eigenvalue weighted by molar-refractivity contribution is 5.95. The highest BCUT2D eigenvalue weighted by Crippen LogP contribution is 2.39. The van der Waals surface area contributed by atoms with E-state index >= 15 is 0 Å². The Labute approximate surface area is 175 Å². The van der Waals surface area contributed by atoms with Crippen LogP contribution in [0.3, 0.4) is 0 Å². The summed E-state index contributed by atoms with van der Waals surface area (Å²) in [4.78, 5) is 29.9. The van der Waals surface area contributed by atoms with Crippen molar-refractivity contribution in [2.75, 3.05) is 46.5 Å². The van der Waals surface area contributed by atoms with Gasteiger partial charge in [0.15, 0.2) is 0 Å². The highest BCUT2D eigenvalue weighted by atomic mass is 19.1. The van der Waals surface area contributed by atoms with Crippen LogP contribution in [0.25, 0.3) is 0 Å². The number of hydrogen-bond acceptors (Lipinski definition) is 4. The van der Waals surface area contributed by atoms with Gasteiger partial charge >= 0.3 is 0 Å².